The molecule has 0 N–H and O–H groups in total. The molecule has 4 nitrogen and oxygen atoms in total. The monoisotopic (exact) mass is 351 g/mol. The van der Waals surface area contributed by atoms with E-state index in [1.165, 1.54) is 23.5 Å². The smallest absolute Gasteiger partial charge is 0.225 e. The van der Waals surface area contributed by atoms with E-state index in [0.717, 1.165) is 27.0 Å². The molecule has 3 aromatic heterocycles. The van der Waals surface area contributed by atoms with Gasteiger partial charge in [-0.05, 0) is 54.3 Å². The Hall–Kier alpha value is -2.86. The highest BCUT2D eigenvalue weighted by Gasteiger charge is 2.13. The molecule has 4 aromatic rings. The number of benzene rings is 1. The summed E-state index contributed by atoms with van der Waals surface area (Å²) >= 11 is 1.53. The zero-order valence-electron chi connectivity index (χ0n) is 13.7. The Morgan fingerprint density at radius 2 is 1.84 bits per heavy atom. The van der Waals surface area contributed by atoms with Gasteiger partial charge >= 0.3 is 0 Å². The van der Waals surface area contributed by atoms with Crippen molar-refractivity contribution in [3.63, 3.8) is 0 Å². The van der Waals surface area contributed by atoms with Crippen molar-refractivity contribution in [1.82, 2.24) is 15.0 Å². The molecule has 0 aliphatic heterocycles. The second kappa shape index (κ2) is 6.22. The molecule has 0 spiro atoms. The van der Waals surface area contributed by atoms with Gasteiger partial charge in [0, 0.05) is 5.56 Å². The lowest BCUT2D eigenvalue weighted by atomic mass is 10.0. The molecule has 0 saturated carbocycles. The third-order valence-corrected chi connectivity index (χ3v) is 4.73. The first kappa shape index (κ1) is 15.7. The predicted octanol–water partition coefficient (Wildman–Crippen LogP) is 4.88. The molecule has 0 bridgehead atoms. The lowest BCUT2D eigenvalue weighted by molar-refractivity contribution is 0.403. The normalized spacial score (nSPS) is 11.0. The van der Waals surface area contributed by atoms with Crippen LogP contribution in [0.4, 0.5) is 4.39 Å². The molecule has 124 valence electrons. The molecule has 6 heteroatoms. The number of methoxy groups -OCH3 is 1. The van der Waals surface area contributed by atoms with E-state index in [1.54, 1.807) is 13.2 Å². The predicted molar refractivity (Wildman–Crippen MR) is 97.3 cm³/mol. The van der Waals surface area contributed by atoms with E-state index < -0.39 is 0 Å². The molecule has 3 heterocycles. The minimum Gasteiger partial charge on any atom is -0.480 e. The Labute approximate surface area is 148 Å². The highest BCUT2D eigenvalue weighted by Crippen LogP contribution is 2.30. The van der Waals surface area contributed by atoms with Crippen LogP contribution in [0.1, 0.15) is 5.56 Å². The molecule has 0 saturated heterocycles. The first-order valence-corrected chi connectivity index (χ1v) is 8.57. The highest BCUT2D eigenvalue weighted by atomic mass is 32.1. The second-order valence-corrected chi connectivity index (χ2v) is 6.46. The van der Waals surface area contributed by atoms with Gasteiger partial charge in [-0.15, -0.1) is 11.3 Å². The Morgan fingerprint density at radius 1 is 1.00 bits per heavy atom. The average Bonchev–Trinajstić information content (AvgIpc) is 3.09. The number of pyridine rings is 1. The number of aromatic nitrogens is 3. The van der Waals surface area contributed by atoms with Crippen LogP contribution in [-0.2, 0) is 0 Å². The van der Waals surface area contributed by atoms with Crippen molar-refractivity contribution in [3.05, 3.63) is 59.2 Å². The molecule has 0 radical (unpaired) electrons. The molecule has 0 unspecified atom stereocenters. The van der Waals surface area contributed by atoms with Crippen molar-refractivity contribution < 1.29 is 9.13 Å². The fourth-order valence-corrected chi connectivity index (χ4v) is 3.48. The van der Waals surface area contributed by atoms with Crippen LogP contribution >= 0.6 is 11.3 Å². The molecule has 4 rings (SSSR count). The van der Waals surface area contributed by atoms with E-state index in [1.807, 2.05) is 36.6 Å². The number of aryl methyl sites for hydroxylation is 1. The van der Waals surface area contributed by atoms with Crippen molar-refractivity contribution >= 4 is 21.6 Å². The number of thiophene rings is 1. The van der Waals surface area contributed by atoms with Gasteiger partial charge in [-0.2, -0.15) is 4.98 Å². The van der Waals surface area contributed by atoms with Crippen LogP contribution in [0.15, 0.2) is 47.8 Å². The maximum Gasteiger partial charge on any atom is 0.225 e. The number of fused-ring (bicyclic) bond motifs is 1. The van der Waals surface area contributed by atoms with Crippen LogP contribution in [0, 0.1) is 12.7 Å². The maximum atomic E-state index is 13.4. The summed E-state index contributed by atoms with van der Waals surface area (Å²) in [5, 5.41) is 2.85. The molecule has 0 amide bonds. The maximum absolute atomic E-state index is 13.4. The summed E-state index contributed by atoms with van der Waals surface area (Å²) in [6.45, 7) is 1.87. The van der Waals surface area contributed by atoms with Gasteiger partial charge in [0.2, 0.25) is 5.88 Å². The summed E-state index contributed by atoms with van der Waals surface area (Å²) in [5.41, 5.74) is 3.11. The summed E-state index contributed by atoms with van der Waals surface area (Å²) in [7, 11) is 1.59. The zero-order valence-corrected chi connectivity index (χ0v) is 14.5. The van der Waals surface area contributed by atoms with Crippen molar-refractivity contribution in [3.8, 4) is 28.7 Å². The lowest BCUT2D eigenvalue weighted by Gasteiger charge is -2.08. The Morgan fingerprint density at radius 3 is 2.64 bits per heavy atom. The summed E-state index contributed by atoms with van der Waals surface area (Å²) in [6, 6.07) is 12.3. The third-order valence-electron chi connectivity index (χ3n) is 3.93. The van der Waals surface area contributed by atoms with Crippen LogP contribution in [0.3, 0.4) is 0 Å². The van der Waals surface area contributed by atoms with Crippen molar-refractivity contribution in [2.75, 3.05) is 7.11 Å². The van der Waals surface area contributed by atoms with E-state index in [4.69, 9.17) is 4.74 Å². The number of ether oxygens (including phenoxy) is 1. The summed E-state index contributed by atoms with van der Waals surface area (Å²) in [5.74, 6) is 0.786. The van der Waals surface area contributed by atoms with Crippen LogP contribution in [0.5, 0.6) is 5.88 Å². The zero-order chi connectivity index (χ0) is 17.4. The van der Waals surface area contributed by atoms with E-state index in [0.29, 0.717) is 17.4 Å². The fourth-order valence-electron chi connectivity index (χ4n) is 2.72. The van der Waals surface area contributed by atoms with E-state index in [-0.39, 0.29) is 5.82 Å². The van der Waals surface area contributed by atoms with Gasteiger partial charge in [0.05, 0.1) is 18.2 Å². The number of hydrogen-bond donors (Lipinski definition) is 0. The van der Waals surface area contributed by atoms with E-state index in [9.17, 15) is 4.39 Å². The van der Waals surface area contributed by atoms with E-state index >= 15 is 0 Å². The second-order valence-electron chi connectivity index (χ2n) is 5.56. The summed E-state index contributed by atoms with van der Waals surface area (Å²) < 4.78 is 18.7. The van der Waals surface area contributed by atoms with Gasteiger partial charge in [-0.25, -0.2) is 14.4 Å². The summed E-state index contributed by atoms with van der Waals surface area (Å²) in [6.07, 6.45) is 0. The molecule has 0 aliphatic rings. The quantitative estimate of drug-likeness (QED) is 0.528. The van der Waals surface area contributed by atoms with Crippen LogP contribution in [0.25, 0.3) is 33.0 Å². The number of rotatable bonds is 3. The minimum atomic E-state index is -0.256. The fraction of sp³-hybridized carbons (Fsp3) is 0.105. The van der Waals surface area contributed by atoms with Crippen LogP contribution in [0.2, 0.25) is 0 Å². The van der Waals surface area contributed by atoms with Crippen LogP contribution in [-0.4, -0.2) is 22.1 Å². The Kier molecular flexibility index (Phi) is 3.89. The first-order chi connectivity index (χ1) is 12.2. The van der Waals surface area contributed by atoms with Gasteiger partial charge in [-0.3, -0.25) is 0 Å². The van der Waals surface area contributed by atoms with Gasteiger partial charge in [0.1, 0.15) is 16.3 Å². The van der Waals surface area contributed by atoms with Crippen molar-refractivity contribution in [2.24, 2.45) is 0 Å². The number of hydrogen-bond acceptors (Lipinski definition) is 5. The van der Waals surface area contributed by atoms with E-state index in [2.05, 4.69) is 15.0 Å². The average molecular weight is 351 g/mol. The highest BCUT2D eigenvalue weighted by molar-refractivity contribution is 7.16. The molecular formula is C19H14FN3OS. The molecule has 0 atom stereocenters. The molecule has 0 fully saturated rings. The summed E-state index contributed by atoms with van der Waals surface area (Å²) in [4.78, 5) is 14.6. The third kappa shape index (κ3) is 2.85. The topological polar surface area (TPSA) is 47.9 Å². The Bertz CT molecular complexity index is 1080. The minimum absolute atomic E-state index is 0.256. The molecular weight excluding hydrogens is 337 g/mol. The SMILES string of the molecule is COc1nc(-c2cccc(-c3ccc(F)cc3C)n2)nc2sccc12. The first-order valence-electron chi connectivity index (χ1n) is 7.69. The standard InChI is InChI=1S/C19H14FN3OS/c1-11-10-12(20)6-7-13(11)15-4-3-5-16(21-15)17-22-18(24-2)14-8-9-25-19(14)23-17/h3-10H,1-2H3. The molecule has 0 aliphatic carbocycles. The van der Waals surface area contributed by atoms with Crippen LogP contribution < -0.4 is 4.74 Å². The van der Waals surface area contributed by atoms with Crippen molar-refractivity contribution in [2.45, 2.75) is 6.92 Å². The van der Waals surface area contributed by atoms with Gasteiger partial charge in [-0.1, -0.05) is 6.07 Å². The Balaban J connectivity index is 1.84. The van der Waals surface area contributed by atoms with Gasteiger partial charge < -0.3 is 4.74 Å². The molecule has 1 aromatic carbocycles. The van der Waals surface area contributed by atoms with Gasteiger partial charge in [0.25, 0.3) is 0 Å². The van der Waals surface area contributed by atoms with Crippen molar-refractivity contribution in [1.29, 1.82) is 0 Å². The largest absolute Gasteiger partial charge is 0.480 e. The van der Waals surface area contributed by atoms with Gasteiger partial charge in [0.15, 0.2) is 5.82 Å². The lowest BCUT2D eigenvalue weighted by Crippen LogP contribution is -1.97. The number of nitrogens with zero attached hydrogens (tertiary/aromatic N) is 3. The molecule has 25 heavy (non-hydrogen) atoms. The number of halogens is 1.